The molecule has 3 N–H and O–H groups in total. The normalized spacial score (nSPS) is 15.2. The van der Waals surface area contributed by atoms with Crippen LogP contribution in [0, 0.1) is 0 Å². The number of anilines is 3. The predicted molar refractivity (Wildman–Crippen MR) is 162 cm³/mol. The van der Waals surface area contributed by atoms with Gasteiger partial charge in [-0.1, -0.05) is 30.3 Å². The molecule has 5 rings (SSSR count). The molecule has 0 bridgehead atoms. The highest BCUT2D eigenvalue weighted by atomic mass is 32.1. The van der Waals surface area contributed by atoms with Crippen molar-refractivity contribution in [2.24, 2.45) is 0 Å². The maximum Gasteiger partial charge on any atom is 0.175 e. The van der Waals surface area contributed by atoms with Crippen LogP contribution in [0.15, 0.2) is 72.8 Å². The lowest BCUT2D eigenvalue weighted by molar-refractivity contribution is 0.0594. The first-order valence-electron chi connectivity index (χ1n) is 12.4. The highest BCUT2D eigenvalue weighted by Crippen LogP contribution is 2.38. The lowest BCUT2D eigenvalue weighted by atomic mass is 9.88. The summed E-state index contributed by atoms with van der Waals surface area (Å²) in [5.74, 6) is 2.36. The molecule has 7 nitrogen and oxygen atoms in total. The number of thiocarbonyl (C=S) groups is 2. The lowest BCUT2D eigenvalue weighted by Crippen LogP contribution is -2.50. The second-order valence-corrected chi connectivity index (χ2v) is 9.94. The Hall–Kier alpha value is -3.82. The number of para-hydroxylation sites is 4. The minimum Gasteiger partial charge on any atom is -0.495 e. The van der Waals surface area contributed by atoms with Crippen molar-refractivity contribution in [1.82, 2.24) is 4.90 Å². The fourth-order valence-corrected chi connectivity index (χ4v) is 5.20. The van der Waals surface area contributed by atoms with Crippen molar-refractivity contribution in [3.05, 3.63) is 78.4 Å². The molecule has 9 heteroatoms. The Kier molecular flexibility index (Phi) is 7.67. The Morgan fingerprint density at radius 1 is 0.842 bits per heavy atom. The van der Waals surface area contributed by atoms with Crippen LogP contribution in [0.5, 0.6) is 17.2 Å². The number of hydrogen-bond acceptors (Lipinski definition) is 5. The summed E-state index contributed by atoms with van der Waals surface area (Å²) < 4.78 is 17.4. The van der Waals surface area contributed by atoms with Crippen LogP contribution in [-0.4, -0.2) is 48.0 Å². The van der Waals surface area contributed by atoms with Crippen LogP contribution in [0.4, 0.5) is 17.1 Å². The van der Waals surface area contributed by atoms with Gasteiger partial charge in [0.2, 0.25) is 0 Å². The quantitative estimate of drug-likeness (QED) is 0.327. The van der Waals surface area contributed by atoms with Gasteiger partial charge in [0, 0.05) is 37.2 Å². The van der Waals surface area contributed by atoms with E-state index in [4.69, 9.17) is 38.6 Å². The number of piperidine rings is 1. The van der Waals surface area contributed by atoms with Gasteiger partial charge in [-0.15, -0.1) is 0 Å². The summed E-state index contributed by atoms with van der Waals surface area (Å²) in [6, 6.07) is 21.4. The van der Waals surface area contributed by atoms with E-state index in [0.29, 0.717) is 10.2 Å². The SMILES string of the molecule is COc1ccccc1NC(=S)Nc1ccc2c(c1)C=CC1(CCN(C(=S)Nc3ccccc3OC)CC1)O2. The van der Waals surface area contributed by atoms with Gasteiger partial charge >= 0.3 is 0 Å². The number of nitrogens with zero attached hydrogens (tertiary/aromatic N) is 1. The number of nitrogens with one attached hydrogen (secondary N) is 3. The zero-order valence-corrected chi connectivity index (χ0v) is 23.0. The molecule has 3 aromatic rings. The summed E-state index contributed by atoms with van der Waals surface area (Å²) in [7, 11) is 3.29. The van der Waals surface area contributed by atoms with E-state index >= 15 is 0 Å². The molecule has 0 saturated carbocycles. The van der Waals surface area contributed by atoms with E-state index in [9.17, 15) is 0 Å². The minimum atomic E-state index is -0.334. The average molecular weight is 547 g/mol. The fraction of sp³-hybridized carbons (Fsp3) is 0.241. The topological polar surface area (TPSA) is 67.0 Å². The van der Waals surface area contributed by atoms with Crippen LogP contribution < -0.4 is 30.2 Å². The number of ether oxygens (including phenoxy) is 3. The molecule has 38 heavy (non-hydrogen) atoms. The molecule has 0 unspecified atom stereocenters. The minimum absolute atomic E-state index is 0.334. The van der Waals surface area contributed by atoms with Gasteiger partial charge in [-0.05, 0) is 73.0 Å². The largest absolute Gasteiger partial charge is 0.495 e. The van der Waals surface area contributed by atoms with Gasteiger partial charge in [-0.25, -0.2) is 0 Å². The van der Waals surface area contributed by atoms with Crippen molar-refractivity contribution in [1.29, 1.82) is 0 Å². The smallest absolute Gasteiger partial charge is 0.175 e. The maximum atomic E-state index is 6.54. The monoisotopic (exact) mass is 546 g/mol. The third-order valence-electron chi connectivity index (χ3n) is 6.75. The maximum absolute atomic E-state index is 6.54. The van der Waals surface area contributed by atoms with E-state index in [0.717, 1.165) is 65.8 Å². The molecule has 2 aliphatic heterocycles. The molecule has 0 amide bonds. The molecular formula is C29H30N4O3S2. The number of hydrogen-bond donors (Lipinski definition) is 3. The number of methoxy groups -OCH3 is 2. The molecule has 2 heterocycles. The molecular weight excluding hydrogens is 516 g/mol. The molecule has 1 fully saturated rings. The van der Waals surface area contributed by atoms with Gasteiger partial charge in [0.05, 0.1) is 25.6 Å². The summed E-state index contributed by atoms with van der Waals surface area (Å²) in [5.41, 5.74) is 3.23. The predicted octanol–water partition coefficient (Wildman–Crippen LogP) is 6.15. The Labute approximate surface area is 233 Å². The van der Waals surface area contributed by atoms with Crippen molar-refractivity contribution >= 4 is 57.8 Å². The average Bonchev–Trinajstić information content (AvgIpc) is 2.94. The van der Waals surface area contributed by atoms with Gasteiger partial charge in [0.25, 0.3) is 0 Å². The highest BCUT2D eigenvalue weighted by molar-refractivity contribution is 7.80. The molecule has 0 aliphatic carbocycles. The molecule has 0 atom stereocenters. The number of likely N-dealkylation sites (tertiary alicyclic amines) is 1. The van der Waals surface area contributed by atoms with Gasteiger partial charge < -0.3 is 35.1 Å². The summed E-state index contributed by atoms with van der Waals surface area (Å²) in [5, 5.41) is 10.9. The van der Waals surface area contributed by atoms with Crippen molar-refractivity contribution in [3.63, 3.8) is 0 Å². The van der Waals surface area contributed by atoms with Gasteiger partial charge in [0.15, 0.2) is 10.2 Å². The fourth-order valence-electron chi connectivity index (χ4n) is 4.68. The Morgan fingerprint density at radius 2 is 1.47 bits per heavy atom. The third kappa shape index (κ3) is 5.69. The summed E-state index contributed by atoms with van der Waals surface area (Å²) >= 11 is 11.2. The van der Waals surface area contributed by atoms with E-state index in [2.05, 4.69) is 33.0 Å². The number of benzene rings is 3. The Balaban J connectivity index is 1.18. The van der Waals surface area contributed by atoms with Crippen LogP contribution in [0.2, 0.25) is 0 Å². The number of fused-ring (bicyclic) bond motifs is 1. The van der Waals surface area contributed by atoms with Crippen LogP contribution in [-0.2, 0) is 0 Å². The van der Waals surface area contributed by atoms with Crippen LogP contribution in [0.25, 0.3) is 6.08 Å². The first-order chi connectivity index (χ1) is 18.5. The first kappa shape index (κ1) is 25.8. The highest BCUT2D eigenvalue weighted by Gasteiger charge is 2.37. The van der Waals surface area contributed by atoms with Crippen LogP contribution >= 0.6 is 24.4 Å². The van der Waals surface area contributed by atoms with Gasteiger partial charge in [-0.2, -0.15) is 0 Å². The van der Waals surface area contributed by atoms with Crippen LogP contribution in [0.3, 0.4) is 0 Å². The van der Waals surface area contributed by atoms with E-state index in [1.54, 1.807) is 14.2 Å². The van der Waals surface area contributed by atoms with E-state index < -0.39 is 0 Å². The molecule has 1 saturated heterocycles. The van der Waals surface area contributed by atoms with Gasteiger partial charge in [0.1, 0.15) is 22.8 Å². The van der Waals surface area contributed by atoms with Crippen molar-refractivity contribution in [3.8, 4) is 17.2 Å². The summed E-state index contributed by atoms with van der Waals surface area (Å²) in [6.07, 6.45) is 5.99. The second-order valence-electron chi connectivity index (χ2n) is 9.15. The van der Waals surface area contributed by atoms with Crippen molar-refractivity contribution in [2.45, 2.75) is 18.4 Å². The number of rotatable bonds is 5. The van der Waals surface area contributed by atoms with Crippen LogP contribution in [0.1, 0.15) is 18.4 Å². The first-order valence-corrected chi connectivity index (χ1v) is 13.2. The zero-order chi connectivity index (χ0) is 26.5. The standard InChI is InChI=1S/C29H30N4O3S2/c1-34-25-9-5-3-7-22(25)31-27(37)30-21-11-12-24-20(19-21)13-14-29(36-24)15-17-33(18-16-29)28(38)32-23-8-4-6-10-26(23)35-2/h3-14,19H,15-18H2,1-2H3,(H,32,38)(H2,30,31,37). The van der Waals surface area contributed by atoms with Crippen molar-refractivity contribution < 1.29 is 14.2 Å². The molecule has 2 aliphatic rings. The molecule has 0 radical (unpaired) electrons. The third-order valence-corrected chi connectivity index (χ3v) is 7.31. The van der Waals surface area contributed by atoms with Gasteiger partial charge in [-0.3, -0.25) is 0 Å². The Bertz CT molecular complexity index is 1370. The molecule has 196 valence electrons. The molecule has 1 spiro atoms. The molecule has 0 aromatic heterocycles. The van der Waals surface area contributed by atoms with E-state index in [1.165, 1.54) is 0 Å². The van der Waals surface area contributed by atoms with Crippen molar-refractivity contribution in [2.75, 3.05) is 43.3 Å². The van der Waals surface area contributed by atoms with E-state index in [1.807, 2.05) is 66.7 Å². The van der Waals surface area contributed by atoms with E-state index in [-0.39, 0.29) is 5.60 Å². The summed E-state index contributed by atoms with van der Waals surface area (Å²) in [4.78, 5) is 2.18. The molecule has 3 aromatic carbocycles. The zero-order valence-electron chi connectivity index (χ0n) is 21.3. The summed E-state index contributed by atoms with van der Waals surface area (Å²) in [6.45, 7) is 1.59. The second kappa shape index (κ2) is 11.3. The lowest BCUT2D eigenvalue weighted by Gasteiger charge is -2.42. The Morgan fingerprint density at radius 3 is 2.13 bits per heavy atom.